The van der Waals surface area contributed by atoms with Crippen molar-refractivity contribution in [3.8, 4) is 0 Å². The molecular formula is C20H20F3N7O3. The van der Waals surface area contributed by atoms with Crippen molar-refractivity contribution in [2.24, 2.45) is 5.73 Å². The number of aromatic nitrogens is 4. The number of anilines is 1. The fraction of sp³-hybridized carbons (Fsp3) is 0.300. The lowest BCUT2D eigenvalue weighted by molar-refractivity contribution is -0.144. The first-order chi connectivity index (χ1) is 15.5. The number of nitrogens with one attached hydrogen (secondary N) is 2. The molecule has 174 valence electrons. The van der Waals surface area contributed by atoms with Gasteiger partial charge in [0.15, 0.2) is 0 Å². The highest BCUT2D eigenvalue weighted by Gasteiger charge is 2.37. The van der Waals surface area contributed by atoms with Gasteiger partial charge in [-0.05, 0) is 50.1 Å². The molecule has 0 aliphatic heterocycles. The molecule has 2 aromatic heterocycles. The van der Waals surface area contributed by atoms with Crippen molar-refractivity contribution in [2.75, 3.05) is 11.9 Å². The Morgan fingerprint density at radius 3 is 2.36 bits per heavy atom. The van der Waals surface area contributed by atoms with Crippen LogP contribution in [0.25, 0.3) is 5.78 Å². The minimum Gasteiger partial charge on any atom is -0.368 e. The maximum absolute atomic E-state index is 12.9. The summed E-state index contributed by atoms with van der Waals surface area (Å²) in [4.78, 5) is 42.5. The van der Waals surface area contributed by atoms with Crippen molar-refractivity contribution < 1.29 is 27.6 Å². The van der Waals surface area contributed by atoms with Crippen LogP contribution in [0.15, 0.2) is 24.3 Å². The maximum Gasteiger partial charge on any atom is 0.453 e. The molecule has 10 nitrogen and oxygen atoms in total. The Kier molecular flexibility index (Phi) is 6.60. The van der Waals surface area contributed by atoms with Crippen molar-refractivity contribution in [3.63, 3.8) is 0 Å². The van der Waals surface area contributed by atoms with E-state index in [1.165, 1.54) is 24.3 Å². The van der Waals surface area contributed by atoms with Crippen molar-refractivity contribution in [1.29, 1.82) is 0 Å². The summed E-state index contributed by atoms with van der Waals surface area (Å²) in [5.41, 5.74) is 7.17. The minimum absolute atomic E-state index is 0.0382. The zero-order valence-electron chi connectivity index (χ0n) is 17.7. The van der Waals surface area contributed by atoms with Crippen LogP contribution in [-0.2, 0) is 22.2 Å². The topological polar surface area (TPSA) is 144 Å². The number of primary amides is 1. The molecule has 3 rings (SSSR count). The van der Waals surface area contributed by atoms with Crippen molar-refractivity contribution in [3.05, 3.63) is 52.6 Å². The van der Waals surface area contributed by atoms with E-state index in [9.17, 15) is 27.6 Å². The summed E-state index contributed by atoms with van der Waals surface area (Å²) in [6.07, 6.45) is -4.43. The zero-order chi connectivity index (χ0) is 24.3. The first kappa shape index (κ1) is 23.6. The highest BCUT2D eigenvalue weighted by atomic mass is 19.4. The van der Waals surface area contributed by atoms with Gasteiger partial charge < -0.3 is 16.4 Å². The Bertz CT molecular complexity index is 1220. The third-order valence-electron chi connectivity index (χ3n) is 4.76. The van der Waals surface area contributed by atoms with E-state index >= 15 is 0 Å². The summed E-state index contributed by atoms with van der Waals surface area (Å²) >= 11 is 0. The first-order valence-electron chi connectivity index (χ1n) is 9.72. The van der Waals surface area contributed by atoms with Crippen LogP contribution in [0, 0.1) is 13.8 Å². The highest BCUT2D eigenvalue weighted by molar-refractivity contribution is 5.97. The fourth-order valence-corrected chi connectivity index (χ4v) is 3.13. The largest absolute Gasteiger partial charge is 0.453 e. The van der Waals surface area contributed by atoms with Gasteiger partial charge in [0.25, 0.3) is 17.5 Å². The third kappa shape index (κ3) is 5.61. The monoisotopic (exact) mass is 463 g/mol. The third-order valence-corrected chi connectivity index (χ3v) is 4.76. The predicted octanol–water partition coefficient (Wildman–Crippen LogP) is 1.55. The Labute approximate surface area is 185 Å². The van der Waals surface area contributed by atoms with Crippen LogP contribution in [0.5, 0.6) is 0 Å². The Morgan fingerprint density at radius 2 is 1.76 bits per heavy atom. The number of nitrogens with zero attached hydrogens (tertiary/aromatic N) is 4. The van der Waals surface area contributed by atoms with E-state index in [1.54, 1.807) is 13.8 Å². The number of carbonyl (C=O) groups excluding carboxylic acids is 3. The van der Waals surface area contributed by atoms with E-state index in [4.69, 9.17) is 5.73 Å². The molecule has 2 heterocycles. The number of benzene rings is 1. The zero-order valence-corrected chi connectivity index (χ0v) is 17.7. The van der Waals surface area contributed by atoms with Gasteiger partial charge in [0.2, 0.25) is 11.8 Å². The van der Waals surface area contributed by atoms with E-state index in [0.717, 1.165) is 4.52 Å². The average Bonchev–Trinajstić information content (AvgIpc) is 3.17. The molecule has 0 bridgehead atoms. The summed E-state index contributed by atoms with van der Waals surface area (Å²) in [6, 6.07) is 5.99. The number of fused-ring (bicyclic) bond motifs is 1. The van der Waals surface area contributed by atoms with Gasteiger partial charge in [-0.3, -0.25) is 14.4 Å². The van der Waals surface area contributed by atoms with Crippen LogP contribution in [0.1, 0.15) is 39.6 Å². The summed E-state index contributed by atoms with van der Waals surface area (Å²) in [7, 11) is 0. The molecule has 0 saturated carbocycles. The fourth-order valence-electron chi connectivity index (χ4n) is 3.13. The van der Waals surface area contributed by atoms with Gasteiger partial charge in [0.1, 0.15) is 0 Å². The smallest absolute Gasteiger partial charge is 0.368 e. The van der Waals surface area contributed by atoms with Crippen LogP contribution in [0.2, 0.25) is 0 Å². The SMILES string of the molecule is Cc1nc2nc(C(F)(F)F)nn2c(C)c1CCC(=O)Nc1ccc(C(=O)NCC(N)=O)cc1. The van der Waals surface area contributed by atoms with Crippen LogP contribution >= 0.6 is 0 Å². The molecule has 33 heavy (non-hydrogen) atoms. The quantitative estimate of drug-likeness (QED) is 0.485. The number of rotatable bonds is 7. The first-order valence-corrected chi connectivity index (χ1v) is 9.72. The lowest BCUT2D eigenvalue weighted by atomic mass is 10.1. The molecule has 0 atom stereocenters. The molecule has 0 radical (unpaired) electrons. The molecule has 0 saturated heterocycles. The van der Waals surface area contributed by atoms with Gasteiger partial charge in [0.05, 0.1) is 6.54 Å². The van der Waals surface area contributed by atoms with Crippen molar-refractivity contribution in [1.82, 2.24) is 24.9 Å². The summed E-state index contributed by atoms with van der Waals surface area (Å²) in [5.74, 6) is -2.93. The normalized spacial score (nSPS) is 11.4. The van der Waals surface area contributed by atoms with Crippen molar-refractivity contribution >= 4 is 29.2 Å². The molecule has 13 heteroatoms. The number of hydrogen-bond donors (Lipinski definition) is 3. The van der Waals surface area contributed by atoms with Crippen LogP contribution in [-0.4, -0.2) is 43.8 Å². The molecule has 0 fully saturated rings. The Balaban J connectivity index is 1.65. The minimum atomic E-state index is -4.69. The lowest BCUT2D eigenvalue weighted by Crippen LogP contribution is -2.33. The van der Waals surface area contributed by atoms with Gasteiger partial charge in [-0.2, -0.15) is 18.2 Å². The van der Waals surface area contributed by atoms with Crippen LogP contribution in [0.4, 0.5) is 18.9 Å². The Hall–Kier alpha value is -4.03. The van der Waals surface area contributed by atoms with E-state index in [1.807, 2.05) is 0 Å². The molecule has 4 N–H and O–H groups in total. The van der Waals surface area contributed by atoms with Gasteiger partial charge >= 0.3 is 6.18 Å². The second-order valence-corrected chi connectivity index (χ2v) is 7.18. The lowest BCUT2D eigenvalue weighted by Gasteiger charge is -2.11. The van der Waals surface area contributed by atoms with Crippen molar-refractivity contribution in [2.45, 2.75) is 32.9 Å². The van der Waals surface area contributed by atoms with Gasteiger partial charge in [-0.15, -0.1) is 5.10 Å². The van der Waals surface area contributed by atoms with Gasteiger partial charge in [0, 0.05) is 29.1 Å². The molecule has 0 spiro atoms. The van der Waals surface area contributed by atoms with E-state index < -0.39 is 23.8 Å². The number of aryl methyl sites for hydroxylation is 2. The summed E-state index contributed by atoms with van der Waals surface area (Å²) in [5, 5.41) is 8.51. The van der Waals surface area contributed by atoms with E-state index in [0.29, 0.717) is 22.6 Å². The van der Waals surface area contributed by atoms with Gasteiger partial charge in [-0.25, -0.2) is 9.50 Å². The molecule has 0 aliphatic carbocycles. The second kappa shape index (κ2) is 9.22. The number of hydrogen-bond acceptors (Lipinski definition) is 6. The number of nitrogens with two attached hydrogens (primary N) is 1. The standard InChI is InChI=1S/C20H20F3N7O3/c1-10-14(11(2)30-19(26-10)28-18(29-30)20(21,22)23)7-8-16(32)27-13-5-3-12(4-6-13)17(33)25-9-15(24)31/h3-6H,7-9H2,1-2H3,(H2,24,31)(H,25,33)(H,27,32). The molecule has 3 amide bonds. The second-order valence-electron chi connectivity index (χ2n) is 7.18. The number of amides is 3. The number of alkyl halides is 3. The predicted molar refractivity (Wildman–Crippen MR) is 110 cm³/mol. The van der Waals surface area contributed by atoms with Gasteiger partial charge in [-0.1, -0.05) is 0 Å². The van der Waals surface area contributed by atoms with Crippen LogP contribution in [0.3, 0.4) is 0 Å². The molecule has 0 aliphatic rings. The number of halogens is 3. The van der Waals surface area contributed by atoms with Crippen LogP contribution < -0.4 is 16.4 Å². The highest BCUT2D eigenvalue weighted by Crippen LogP contribution is 2.27. The number of carbonyl (C=O) groups is 3. The molecule has 0 unspecified atom stereocenters. The summed E-state index contributed by atoms with van der Waals surface area (Å²) < 4.78 is 39.7. The van der Waals surface area contributed by atoms with E-state index in [2.05, 4.69) is 25.7 Å². The summed E-state index contributed by atoms with van der Waals surface area (Å²) in [6.45, 7) is 2.93. The Morgan fingerprint density at radius 1 is 1.09 bits per heavy atom. The molecular weight excluding hydrogens is 443 g/mol. The van der Waals surface area contributed by atoms with E-state index in [-0.39, 0.29) is 36.6 Å². The molecule has 3 aromatic rings. The molecule has 1 aromatic carbocycles. The average molecular weight is 463 g/mol. The maximum atomic E-state index is 12.9.